The van der Waals surface area contributed by atoms with E-state index in [4.69, 9.17) is 10.5 Å². The van der Waals surface area contributed by atoms with Crippen LogP contribution in [-0.4, -0.2) is 49.1 Å². The van der Waals surface area contributed by atoms with Crippen LogP contribution in [0.4, 0.5) is 10.2 Å². The molecule has 0 unspecified atom stereocenters. The average molecular weight is 557 g/mol. The predicted octanol–water partition coefficient (Wildman–Crippen LogP) is 3.39. The Kier molecular flexibility index (Phi) is 13.3. The van der Waals surface area contributed by atoms with Gasteiger partial charge in [-0.25, -0.2) is 9.07 Å². The fourth-order valence-corrected chi connectivity index (χ4v) is 2.97. The minimum atomic E-state index is -0.340. The molecule has 8 nitrogen and oxygen atoms in total. The van der Waals surface area contributed by atoms with E-state index in [2.05, 4.69) is 33.7 Å². The fourth-order valence-electron chi connectivity index (χ4n) is 2.97. The number of nitrogens with one attached hydrogen (secondary N) is 2. The SMILES string of the molecule is CCCCOCCCNC(=NC)NCCCc1nn(-c2ccc(F)cc2)c(N)c1C#N.I. The van der Waals surface area contributed by atoms with Crippen molar-refractivity contribution >= 4 is 35.8 Å². The summed E-state index contributed by atoms with van der Waals surface area (Å²) in [6.07, 6.45) is 4.48. The van der Waals surface area contributed by atoms with Crippen LogP contribution in [0.2, 0.25) is 0 Å². The summed E-state index contributed by atoms with van der Waals surface area (Å²) in [4.78, 5) is 4.21. The number of nitrogen functional groups attached to an aromatic ring is 1. The average Bonchev–Trinajstić information content (AvgIpc) is 3.10. The van der Waals surface area contributed by atoms with Gasteiger partial charge in [0.2, 0.25) is 0 Å². The van der Waals surface area contributed by atoms with Gasteiger partial charge in [-0.05, 0) is 49.9 Å². The maximum Gasteiger partial charge on any atom is 0.190 e. The van der Waals surface area contributed by atoms with Crippen molar-refractivity contribution in [2.45, 2.75) is 39.0 Å². The van der Waals surface area contributed by atoms with Gasteiger partial charge in [0.25, 0.3) is 0 Å². The number of unbranched alkanes of at least 4 members (excludes halogenated alkanes) is 1. The van der Waals surface area contributed by atoms with Crippen molar-refractivity contribution in [2.24, 2.45) is 4.99 Å². The van der Waals surface area contributed by atoms with E-state index in [9.17, 15) is 9.65 Å². The fraction of sp³-hybridized carbons (Fsp3) is 0.500. The van der Waals surface area contributed by atoms with Crippen molar-refractivity contribution in [3.05, 3.63) is 41.3 Å². The first-order valence-electron chi connectivity index (χ1n) is 10.7. The standard InChI is InChI=1S/C22H32FN7O.HI/c1-3-4-14-31-15-6-13-28-22(26-2)27-12-5-7-20-19(16-24)21(25)30(29-20)18-10-8-17(23)9-11-18;/h8-11H,3-7,12-15,25H2,1-2H3,(H2,26,27,28);1H. The number of aromatic nitrogens is 2. The molecule has 0 bridgehead atoms. The Morgan fingerprint density at radius 3 is 2.47 bits per heavy atom. The highest BCUT2D eigenvalue weighted by Crippen LogP contribution is 2.21. The third-order valence-corrected chi connectivity index (χ3v) is 4.68. The summed E-state index contributed by atoms with van der Waals surface area (Å²) in [5.74, 6) is 0.647. The van der Waals surface area contributed by atoms with Crippen molar-refractivity contribution in [2.75, 3.05) is 39.1 Å². The molecule has 2 aromatic rings. The second-order valence-corrected chi connectivity index (χ2v) is 7.06. The lowest BCUT2D eigenvalue weighted by Gasteiger charge is -2.11. The molecule has 1 heterocycles. The second kappa shape index (κ2) is 15.4. The van der Waals surface area contributed by atoms with E-state index < -0.39 is 0 Å². The lowest BCUT2D eigenvalue weighted by atomic mass is 10.1. The Labute approximate surface area is 206 Å². The number of aryl methyl sites for hydroxylation is 1. The number of guanidine groups is 1. The van der Waals surface area contributed by atoms with Crippen LogP contribution >= 0.6 is 24.0 Å². The zero-order valence-electron chi connectivity index (χ0n) is 18.7. The second-order valence-electron chi connectivity index (χ2n) is 7.06. The quantitative estimate of drug-likeness (QED) is 0.160. The number of benzene rings is 1. The highest BCUT2D eigenvalue weighted by Gasteiger charge is 2.16. The van der Waals surface area contributed by atoms with E-state index in [1.165, 1.54) is 16.8 Å². The van der Waals surface area contributed by atoms with Gasteiger partial charge in [-0.15, -0.1) is 24.0 Å². The van der Waals surface area contributed by atoms with Gasteiger partial charge in [0.05, 0.1) is 11.4 Å². The Morgan fingerprint density at radius 2 is 1.84 bits per heavy atom. The van der Waals surface area contributed by atoms with Crippen LogP contribution < -0.4 is 16.4 Å². The van der Waals surface area contributed by atoms with Gasteiger partial charge in [0, 0.05) is 33.4 Å². The molecule has 32 heavy (non-hydrogen) atoms. The topological polar surface area (TPSA) is 113 Å². The number of anilines is 1. The van der Waals surface area contributed by atoms with Crippen LogP contribution in [0.5, 0.6) is 0 Å². The number of nitrogens with zero attached hydrogens (tertiary/aromatic N) is 4. The van der Waals surface area contributed by atoms with Crippen LogP contribution in [0.1, 0.15) is 43.9 Å². The number of nitriles is 1. The number of nitrogens with two attached hydrogens (primary N) is 1. The van der Waals surface area contributed by atoms with E-state index in [-0.39, 0.29) is 35.6 Å². The molecule has 10 heteroatoms. The summed E-state index contributed by atoms with van der Waals surface area (Å²) in [6, 6.07) is 7.96. The largest absolute Gasteiger partial charge is 0.382 e. The molecule has 0 aliphatic heterocycles. The summed E-state index contributed by atoms with van der Waals surface area (Å²) in [5.41, 5.74) is 7.69. The van der Waals surface area contributed by atoms with Crippen molar-refractivity contribution in [3.63, 3.8) is 0 Å². The van der Waals surface area contributed by atoms with E-state index in [0.717, 1.165) is 51.4 Å². The van der Waals surface area contributed by atoms with E-state index in [1.54, 1.807) is 19.2 Å². The third-order valence-electron chi connectivity index (χ3n) is 4.68. The molecule has 0 saturated carbocycles. The highest BCUT2D eigenvalue weighted by molar-refractivity contribution is 14.0. The maximum atomic E-state index is 13.2. The first-order chi connectivity index (χ1) is 15.1. The number of hydrogen-bond acceptors (Lipinski definition) is 5. The number of halogens is 2. The van der Waals surface area contributed by atoms with Gasteiger partial charge in [0.1, 0.15) is 23.3 Å². The summed E-state index contributed by atoms with van der Waals surface area (Å²) < 4.78 is 20.2. The molecule has 4 N–H and O–H groups in total. The number of rotatable bonds is 12. The maximum absolute atomic E-state index is 13.2. The Hall–Kier alpha value is -2.39. The molecule has 176 valence electrons. The first kappa shape index (κ1) is 27.6. The Morgan fingerprint density at radius 1 is 1.19 bits per heavy atom. The Bertz CT molecular complexity index is 878. The molecule has 0 saturated heterocycles. The monoisotopic (exact) mass is 557 g/mol. The molecular weight excluding hydrogens is 524 g/mol. The van der Waals surface area contributed by atoms with Gasteiger partial charge in [-0.3, -0.25) is 4.99 Å². The first-order valence-corrected chi connectivity index (χ1v) is 10.7. The molecule has 0 spiro atoms. The molecule has 0 atom stereocenters. The lowest BCUT2D eigenvalue weighted by molar-refractivity contribution is 0.129. The molecular formula is C22H33FIN7O. The van der Waals surface area contributed by atoms with Gasteiger partial charge in [0.15, 0.2) is 5.96 Å². The van der Waals surface area contributed by atoms with E-state index in [1.807, 2.05) is 0 Å². The number of hydrogen-bond donors (Lipinski definition) is 3. The summed E-state index contributed by atoms with van der Waals surface area (Å²) >= 11 is 0. The molecule has 0 fully saturated rings. The van der Waals surface area contributed by atoms with Crippen molar-refractivity contribution < 1.29 is 9.13 Å². The molecule has 0 aliphatic carbocycles. The minimum absolute atomic E-state index is 0. The van der Waals surface area contributed by atoms with E-state index >= 15 is 0 Å². The smallest absolute Gasteiger partial charge is 0.190 e. The zero-order chi connectivity index (χ0) is 22.5. The number of ether oxygens (including phenoxy) is 1. The number of aliphatic imine (C=N–C) groups is 1. The van der Waals surface area contributed by atoms with Gasteiger partial charge >= 0.3 is 0 Å². The van der Waals surface area contributed by atoms with Crippen molar-refractivity contribution in [3.8, 4) is 11.8 Å². The molecule has 0 amide bonds. The van der Waals surface area contributed by atoms with Crippen LogP contribution in [0, 0.1) is 17.1 Å². The third kappa shape index (κ3) is 8.63. The van der Waals surface area contributed by atoms with E-state index in [0.29, 0.717) is 29.9 Å². The molecule has 0 aliphatic rings. The van der Waals surface area contributed by atoms with Crippen LogP contribution in [0.15, 0.2) is 29.3 Å². The normalized spacial score (nSPS) is 11.0. The van der Waals surface area contributed by atoms with Crippen LogP contribution in [0.3, 0.4) is 0 Å². The van der Waals surface area contributed by atoms with Crippen LogP contribution in [-0.2, 0) is 11.2 Å². The Balaban J connectivity index is 0.00000512. The van der Waals surface area contributed by atoms with Crippen LogP contribution in [0.25, 0.3) is 5.69 Å². The molecule has 1 aromatic heterocycles. The highest BCUT2D eigenvalue weighted by atomic mass is 127. The minimum Gasteiger partial charge on any atom is -0.382 e. The summed E-state index contributed by atoms with van der Waals surface area (Å²) in [6.45, 7) is 5.15. The summed E-state index contributed by atoms with van der Waals surface area (Å²) in [7, 11) is 1.73. The van der Waals surface area contributed by atoms with Gasteiger partial charge in [-0.2, -0.15) is 10.4 Å². The van der Waals surface area contributed by atoms with Gasteiger partial charge in [-0.1, -0.05) is 13.3 Å². The zero-order valence-corrected chi connectivity index (χ0v) is 21.1. The van der Waals surface area contributed by atoms with Crippen molar-refractivity contribution in [1.82, 2.24) is 20.4 Å². The molecule has 2 rings (SSSR count). The lowest BCUT2D eigenvalue weighted by Crippen LogP contribution is -2.38. The van der Waals surface area contributed by atoms with Crippen molar-refractivity contribution in [1.29, 1.82) is 5.26 Å². The predicted molar refractivity (Wildman–Crippen MR) is 136 cm³/mol. The molecule has 1 aromatic carbocycles. The van der Waals surface area contributed by atoms with Gasteiger partial charge < -0.3 is 21.1 Å². The molecule has 0 radical (unpaired) electrons. The summed E-state index contributed by atoms with van der Waals surface area (Å²) in [5, 5.41) is 20.5.